The van der Waals surface area contributed by atoms with Gasteiger partial charge in [-0.2, -0.15) is 0 Å². The van der Waals surface area contributed by atoms with Gasteiger partial charge in [-0.05, 0) is 31.5 Å². The molecule has 2 aromatic rings. The van der Waals surface area contributed by atoms with Crippen molar-refractivity contribution in [1.29, 1.82) is 0 Å². The highest BCUT2D eigenvalue weighted by molar-refractivity contribution is 6.03. The first-order valence-electron chi connectivity index (χ1n) is 6.07. The van der Waals surface area contributed by atoms with Gasteiger partial charge in [-0.15, -0.1) is 0 Å². The summed E-state index contributed by atoms with van der Waals surface area (Å²) in [6, 6.07) is 5.43. The standard InChI is InChI=1S/C14H16O4/c1-3-7-17-10-5-6-13-11(8-10)12(9-18-13)14(15)16-4-2/h5-6,8-9H,3-4,7H2,1-2H3. The van der Waals surface area contributed by atoms with Crippen LogP contribution in [0.5, 0.6) is 5.75 Å². The Balaban J connectivity index is 2.33. The number of fused-ring (bicyclic) bond motifs is 1. The van der Waals surface area contributed by atoms with E-state index in [-0.39, 0.29) is 5.97 Å². The molecule has 0 aliphatic carbocycles. The molecule has 1 heterocycles. The summed E-state index contributed by atoms with van der Waals surface area (Å²) in [5, 5.41) is 0.724. The number of esters is 1. The van der Waals surface area contributed by atoms with Gasteiger partial charge in [0.2, 0.25) is 0 Å². The van der Waals surface area contributed by atoms with E-state index in [0.717, 1.165) is 17.6 Å². The molecule has 4 nitrogen and oxygen atoms in total. The minimum Gasteiger partial charge on any atom is -0.494 e. The van der Waals surface area contributed by atoms with Crippen molar-refractivity contribution < 1.29 is 18.7 Å². The summed E-state index contributed by atoms with van der Waals surface area (Å²) >= 11 is 0. The van der Waals surface area contributed by atoms with Crippen LogP contribution < -0.4 is 4.74 Å². The van der Waals surface area contributed by atoms with Gasteiger partial charge in [0.05, 0.1) is 13.2 Å². The van der Waals surface area contributed by atoms with E-state index in [1.807, 2.05) is 13.0 Å². The van der Waals surface area contributed by atoms with Crippen molar-refractivity contribution in [3.05, 3.63) is 30.0 Å². The number of carbonyl (C=O) groups excluding carboxylic acids is 1. The molecule has 1 aromatic heterocycles. The van der Waals surface area contributed by atoms with Gasteiger partial charge in [-0.1, -0.05) is 6.92 Å². The van der Waals surface area contributed by atoms with Crippen LogP contribution in [0.1, 0.15) is 30.6 Å². The van der Waals surface area contributed by atoms with Crippen LogP contribution in [0.3, 0.4) is 0 Å². The summed E-state index contributed by atoms with van der Waals surface area (Å²) in [5.74, 6) is 0.361. The Labute approximate surface area is 105 Å². The number of ether oxygens (including phenoxy) is 2. The van der Waals surface area contributed by atoms with Crippen LogP contribution in [-0.2, 0) is 4.74 Å². The van der Waals surface area contributed by atoms with E-state index in [1.165, 1.54) is 6.26 Å². The molecule has 0 amide bonds. The third kappa shape index (κ3) is 2.47. The molecule has 0 radical (unpaired) electrons. The maximum absolute atomic E-state index is 11.7. The summed E-state index contributed by atoms with van der Waals surface area (Å²) in [5.41, 5.74) is 1.09. The summed E-state index contributed by atoms with van der Waals surface area (Å²) < 4.78 is 15.8. The third-order valence-corrected chi connectivity index (χ3v) is 2.51. The Morgan fingerprint density at radius 3 is 2.89 bits per heavy atom. The van der Waals surface area contributed by atoms with Crippen LogP contribution in [0.15, 0.2) is 28.9 Å². The fourth-order valence-electron chi connectivity index (χ4n) is 1.68. The van der Waals surface area contributed by atoms with Crippen LogP contribution in [0.4, 0.5) is 0 Å². The fraction of sp³-hybridized carbons (Fsp3) is 0.357. The lowest BCUT2D eigenvalue weighted by atomic mass is 10.1. The number of carbonyl (C=O) groups is 1. The average molecular weight is 248 g/mol. The lowest BCUT2D eigenvalue weighted by Gasteiger charge is -2.04. The summed E-state index contributed by atoms with van der Waals surface area (Å²) in [7, 11) is 0. The van der Waals surface area contributed by atoms with Crippen molar-refractivity contribution in [1.82, 2.24) is 0 Å². The van der Waals surface area contributed by atoms with Crippen LogP contribution >= 0.6 is 0 Å². The highest BCUT2D eigenvalue weighted by atomic mass is 16.5. The van der Waals surface area contributed by atoms with Crippen molar-refractivity contribution >= 4 is 16.9 Å². The zero-order valence-electron chi connectivity index (χ0n) is 10.6. The zero-order chi connectivity index (χ0) is 13.0. The quantitative estimate of drug-likeness (QED) is 0.761. The zero-order valence-corrected chi connectivity index (χ0v) is 10.6. The van der Waals surface area contributed by atoms with Gasteiger partial charge >= 0.3 is 5.97 Å². The number of rotatable bonds is 5. The van der Waals surface area contributed by atoms with Crippen molar-refractivity contribution in [2.75, 3.05) is 13.2 Å². The molecule has 0 N–H and O–H groups in total. The monoisotopic (exact) mass is 248 g/mol. The molecular formula is C14H16O4. The molecule has 0 unspecified atom stereocenters. The Morgan fingerprint density at radius 2 is 2.17 bits per heavy atom. The molecule has 0 fully saturated rings. The molecule has 0 spiro atoms. The second kappa shape index (κ2) is 5.58. The Bertz CT molecular complexity index is 542. The third-order valence-electron chi connectivity index (χ3n) is 2.51. The van der Waals surface area contributed by atoms with E-state index in [2.05, 4.69) is 0 Å². The maximum Gasteiger partial charge on any atom is 0.342 e. The van der Waals surface area contributed by atoms with Gasteiger partial charge < -0.3 is 13.9 Å². The van der Waals surface area contributed by atoms with E-state index in [4.69, 9.17) is 13.9 Å². The van der Waals surface area contributed by atoms with E-state index in [9.17, 15) is 4.79 Å². The first-order chi connectivity index (χ1) is 8.76. The van der Waals surface area contributed by atoms with Gasteiger partial charge in [-0.3, -0.25) is 0 Å². The Morgan fingerprint density at radius 1 is 1.33 bits per heavy atom. The average Bonchev–Trinajstić information content (AvgIpc) is 2.79. The second-order valence-electron chi connectivity index (χ2n) is 3.88. The molecule has 18 heavy (non-hydrogen) atoms. The van der Waals surface area contributed by atoms with Crippen LogP contribution in [0, 0.1) is 0 Å². The largest absolute Gasteiger partial charge is 0.494 e. The Kier molecular flexibility index (Phi) is 3.87. The van der Waals surface area contributed by atoms with Crippen LogP contribution in [0.2, 0.25) is 0 Å². The first-order valence-corrected chi connectivity index (χ1v) is 6.07. The molecule has 0 aliphatic heterocycles. The lowest BCUT2D eigenvalue weighted by molar-refractivity contribution is 0.0527. The van der Waals surface area contributed by atoms with Crippen molar-refractivity contribution in [2.24, 2.45) is 0 Å². The summed E-state index contributed by atoms with van der Waals surface area (Å²) in [6.45, 7) is 4.81. The molecule has 0 atom stereocenters. The van der Waals surface area contributed by atoms with E-state index in [1.54, 1.807) is 19.1 Å². The highest BCUT2D eigenvalue weighted by Gasteiger charge is 2.15. The van der Waals surface area contributed by atoms with E-state index in [0.29, 0.717) is 24.4 Å². The SMILES string of the molecule is CCCOc1ccc2occ(C(=O)OCC)c2c1. The molecule has 0 saturated carbocycles. The fourth-order valence-corrected chi connectivity index (χ4v) is 1.68. The Hall–Kier alpha value is -1.97. The number of hydrogen-bond donors (Lipinski definition) is 0. The smallest absolute Gasteiger partial charge is 0.342 e. The summed E-state index contributed by atoms with van der Waals surface area (Å²) in [4.78, 5) is 11.7. The van der Waals surface area contributed by atoms with Gasteiger partial charge in [0.25, 0.3) is 0 Å². The van der Waals surface area contributed by atoms with Crippen molar-refractivity contribution in [3.63, 3.8) is 0 Å². The van der Waals surface area contributed by atoms with Gasteiger partial charge in [0, 0.05) is 5.39 Å². The van der Waals surface area contributed by atoms with Crippen molar-refractivity contribution in [2.45, 2.75) is 20.3 Å². The van der Waals surface area contributed by atoms with E-state index >= 15 is 0 Å². The lowest BCUT2D eigenvalue weighted by Crippen LogP contribution is -2.03. The minimum absolute atomic E-state index is 0.345. The van der Waals surface area contributed by atoms with Crippen LogP contribution in [0.25, 0.3) is 11.0 Å². The molecule has 1 aromatic carbocycles. The maximum atomic E-state index is 11.7. The molecule has 0 aliphatic rings. The number of hydrogen-bond acceptors (Lipinski definition) is 4. The topological polar surface area (TPSA) is 48.7 Å². The number of benzene rings is 1. The molecular weight excluding hydrogens is 232 g/mol. The number of furan rings is 1. The second-order valence-corrected chi connectivity index (χ2v) is 3.88. The molecule has 96 valence electrons. The van der Waals surface area contributed by atoms with Crippen LogP contribution in [-0.4, -0.2) is 19.2 Å². The van der Waals surface area contributed by atoms with Crippen molar-refractivity contribution in [3.8, 4) is 5.75 Å². The van der Waals surface area contributed by atoms with Gasteiger partial charge in [0.1, 0.15) is 23.2 Å². The molecule has 4 heteroatoms. The predicted octanol–water partition coefficient (Wildman–Crippen LogP) is 3.40. The minimum atomic E-state index is -0.371. The van der Waals surface area contributed by atoms with Gasteiger partial charge in [-0.25, -0.2) is 4.79 Å². The van der Waals surface area contributed by atoms with E-state index < -0.39 is 0 Å². The highest BCUT2D eigenvalue weighted by Crippen LogP contribution is 2.26. The predicted molar refractivity (Wildman–Crippen MR) is 68.0 cm³/mol. The summed E-state index contributed by atoms with van der Waals surface area (Å²) in [6.07, 6.45) is 2.36. The first kappa shape index (κ1) is 12.5. The molecule has 0 saturated heterocycles. The normalized spacial score (nSPS) is 10.6. The molecule has 2 rings (SSSR count). The van der Waals surface area contributed by atoms with Gasteiger partial charge in [0.15, 0.2) is 0 Å². The molecule has 0 bridgehead atoms.